The van der Waals surface area contributed by atoms with E-state index in [9.17, 15) is 0 Å². The first-order valence-corrected chi connectivity index (χ1v) is 7.84. The molecule has 2 rings (SSSR count). The van der Waals surface area contributed by atoms with Crippen LogP contribution in [-0.2, 0) is 13.1 Å². The zero-order valence-corrected chi connectivity index (χ0v) is 17.2. The van der Waals surface area contributed by atoms with Gasteiger partial charge in [-0.15, -0.1) is 30.4 Å². The van der Waals surface area contributed by atoms with Crippen LogP contribution >= 0.6 is 24.0 Å². The number of aromatic nitrogens is 1. The van der Waals surface area contributed by atoms with Gasteiger partial charge in [0.05, 0.1) is 19.3 Å². The van der Waals surface area contributed by atoms with Gasteiger partial charge in [-0.05, 0) is 29.8 Å². The van der Waals surface area contributed by atoms with Gasteiger partial charge in [-0.1, -0.05) is 18.1 Å². The SMILES string of the molecule is C#CCOc1cc(CNC(=NC)NCc2ccccn2)ccc1OC.I. The summed E-state index contributed by atoms with van der Waals surface area (Å²) in [5.41, 5.74) is 1.97. The van der Waals surface area contributed by atoms with E-state index in [-0.39, 0.29) is 30.6 Å². The summed E-state index contributed by atoms with van der Waals surface area (Å²) in [5, 5.41) is 6.47. The molecule has 2 N–H and O–H groups in total. The minimum absolute atomic E-state index is 0. The van der Waals surface area contributed by atoms with Crippen molar-refractivity contribution in [3.8, 4) is 23.8 Å². The van der Waals surface area contributed by atoms with Crippen LogP contribution in [0.4, 0.5) is 0 Å². The van der Waals surface area contributed by atoms with E-state index in [0.29, 0.717) is 30.5 Å². The Hall–Kier alpha value is -2.47. The zero-order chi connectivity index (χ0) is 17.9. The van der Waals surface area contributed by atoms with Crippen LogP contribution in [-0.4, -0.2) is 31.7 Å². The van der Waals surface area contributed by atoms with Gasteiger partial charge in [-0.2, -0.15) is 0 Å². The highest BCUT2D eigenvalue weighted by molar-refractivity contribution is 14.0. The largest absolute Gasteiger partial charge is 0.493 e. The molecule has 1 aromatic heterocycles. The molecule has 0 aliphatic carbocycles. The third kappa shape index (κ3) is 6.80. The summed E-state index contributed by atoms with van der Waals surface area (Å²) in [6.07, 6.45) is 7.01. The number of hydrogen-bond acceptors (Lipinski definition) is 4. The molecule has 0 saturated heterocycles. The highest BCUT2D eigenvalue weighted by Crippen LogP contribution is 2.27. The summed E-state index contributed by atoms with van der Waals surface area (Å²) in [6.45, 7) is 1.37. The standard InChI is InChI=1S/C19H22N4O2.HI/c1-4-11-25-18-12-15(8-9-17(18)24-3)13-22-19(20-2)23-14-16-7-5-6-10-21-16;/h1,5-10,12H,11,13-14H2,2-3H3,(H2,20,22,23);1H. The Labute approximate surface area is 171 Å². The average molecular weight is 466 g/mol. The first-order chi connectivity index (χ1) is 12.3. The molecule has 0 aliphatic heterocycles. The van der Waals surface area contributed by atoms with E-state index >= 15 is 0 Å². The smallest absolute Gasteiger partial charge is 0.191 e. The normalized spacial score (nSPS) is 10.3. The first-order valence-electron chi connectivity index (χ1n) is 7.84. The minimum atomic E-state index is 0. The van der Waals surface area contributed by atoms with Crippen molar-refractivity contribution in [2.45, 2.75) is 13.1 Å². The molecule has 0 radical (unpaired) electrons. The molecule has 0 spiro atoms. The number of halogens is 1. The number of ether oxygens (including phenoxy) is 2. The molecule has 1 heterocycles. The van der Waals surface area contributed by atoms with E-state index in [4.69, 9.17) is 15.9 Å². The van der Waals surface area contributed by atoms with E-state index in [1.165, 1.54) is 0 Å². The van der Waals surface area contributed by atoms with E-state index < -0.39 is 0 Å². The van der Waals surface area contributed by atoms with Gasteiger partial charge in [0.1, 0.15) is 6.61 Å². The van der Waals surface area contributed by atoms with Crippen LogP contribution in [0, 0.1) is 12.3 Å². The van der Waals surface area contributed by atoms with Gasteiger partial charge < -0.3 is 20.1 Å². The number of hydrogen-bond donors (Lipinski definition) is 2. The van der Waals surface area contributed by atoms with Crippen molar-refractivity contribution in [3.05, 3.63) is 53.9 Å². The van der Waals surface area contributed by atoms with Gasteiger partial charge >= 0.3 is 0 Å². The van der Waals surface area contributed by atoms with E-state index in [2.05, 4.69) is 26.5 Å². The zero-order valence-electron chi connectivity index (χ0n) is 14.9. The summed E-state index contributed by atoms with van der Waals surface area (Å²) >= 11 is 0. The Morgan fingerprint density at radius 2 is 2.00 bits per heavy atom. The predicted octanol–water partition coefficient (Wildman–Crippen LogP) is 2.59. The fourth-order valence-corrected chi connectivity index (χ4v) is 2.15. The summed E-state index contributed by atoms with van der Waals surface area (Å²) in [6, 6.07) is 11.5. The highest BCUT2D eigenvalue weighted by atomic mass is 127. The molecular weight excluding hydrogens is 443 g/mol. The molecule has 26 heavy (non-hydrogen) atoms. The molecule has 138 valence electrons. The van der Waals surface area contributed by atoms with Crippen molar-refractivity contribution in [1.29, 1.82) is 0 Å². The Morgan fingerprint density at radius 3 is 2.65 bits per heavy atom. The Bertz CT molecular complexity index is 745. The fraction of sp³-hybridized carbons (Fsp3) is 0.263. The Morgan fingerprint density at radius 1 is 1.19 bits per heavy atom. The number of benzene rings is 1. The minimum Gasteiger partial charge on any atom is -0.493 e. The van der Waals surface area contributed by atoms with Crippen LogP contribution in [0.25, 0.3) is 0 Å². The van der Waals surface area contributed by atoms with Crippen molar-refractivity contribution in [2.75, 3.05) is 20.8 Å². The lowest BCUT2D eigenvalue weighted by Crippen LogP contribution is -2.36. The second-order valence-electron chi connectivity index (χ2n) is 5.08. The number of pyridine rings is 1. The lowest BCUT2D eigenvalue weighted by molar-refractivity contribution is 0.330. The molecule has 0 unspecified atom stereocenters. The van der Waals surface area contributed by atoms with Gasteiger partial charge in [0.2, 0.25) is 0 Å². The second-order valence-corrected chi connectivity index (χ2v) is 5.08. The average Bonchev–Trinajstić information content (AvgIpc) is 2.67. The number of nitrogens with one attached hydrogen (secondary N) is 2. The van der Waals surface area contributed by atoms with Gasteiger partial charge in [0, 0.05) is 19.8 Å². The van der Waals surface area contributed by atoms with Gasteiger partial charge in [0.25, 0.3) is 0 Å². The van der Waals surface area contributed by atoms with Gasteiger partial charge in [-0.25, -0.2) is 0 Å². The predicted molar refractivity (Wildman–Crippen MR) is 114 cm³/mol. The molecule has 0 bridgehead atoms. The topological polar surface area (TPSA) is 67.8 Å². The van der Waals surface area contributed by atoms with Crippen LogP contribution in [0.15, 0.2) is 47.6 Å². The molecule has 0 amide bonds. The molecule has 7 heteroatoms. The summed E-state index contributed by atoms with van der Waals surface area (Å²) in [4.78, 5) is 8.48. The lowest BCUT2D eigenvalue weighted by Gasteiger charge is -2.14. The lowest BCUT2D eigenvalue weighted by atomic mass is 10.2. The number of aliphatic imine (C=N–C) groups is 1. The van der Waals surface area contributed by atoms with Crippen molar-refractivity contribution in [1.82, 2.24) is 15.6 Å². The molecule has 0 aliphatic rings. The third-order valence-corrected chi connectivity index (χ3v) is 3.39. The monoisotopic (exact) mass is 466 g/mol. The summed E-state index contributed by atoms with van der Waals surface area (Å²) < 4.78 is 10.8. The maximum absolute atomic E-state index is 5.51. The Balaban J connectivity index is 0.00000338. The molecule has 1 aromatic carbocycles. The number of terminal acetylenes is 1. The molecule has 6 nitrogen and oxygen atoms in total. The first kappa shape index (κ1) is 21.6. The molecule has 0 fully saturated rings. The van der Waals surface area contributed by atoms with Gasteiger partial charge in [-0.3, -0.25) is 9.98 Å². The number of guanidine groups is 1. The molecule has 0 saturated carbocycles. The summed E-state index contributed by atoms with van der Waals surface area (Å²) in [5.74, 6) is 4.41. The van der Waals surface area contributed by atoms with Crippen LogP contribution in [0.1, 0.15) is 11.3 Å². The maximum atomic E-state index is 5.51. The van der Waals surface area contributed by atoms with E-state index in [1.807, 2.05) is 36.4 Å². The number of methoxy groups -OCH3 is 1. The van der Waals surface area contributed by atoms with E-state index in [1.54, 1.807) is 20.4 Å². The molecule has 0 atom stereocenters. The van der Waals surface area contributed by atoms with Crippen LogP contribution in [0.2, 0.25) is 0 Å². The van der Waals surface area contributed by atoms with Crippen molar-refractivity contribution in [3.63, 3.8) is 0 Å². The number of rotatable bonds is 7. The van der Waals surface area contributed by atoms with Crippen molar-refractivity contribution < 1.29 is 9.47 Å². The van der Waals surface area contributed by atoms with Crippen LogP contribution in [0.3, 0.4) is 0 Å². The number of nitrogens with zero attached hydrogens (tertiary/aromatic N) is 2. The molecule has 2 aromatic rings. The summed E-state index contributed by atoms with van der Waals surface area (Å²) in [7, 11) is 3.32. The van der Waals surface area contributed by atoms with Crippen molar-refractivity contribution >= 4 is 29.9 Å². The highest BCUT2D eigenvalue weighted by Gasteiger charge is 2.06. The maximum Gasteiger partial charge on any atom is 0.191 e. The van der Waals surface area contributed by atoms with Gasteiger partial charge in [0.15, 0.2) is 17.5 Å². The Kier molecular flexibility index (Phi) is 9.94. The fourth-order valence-electron chi connectivity index (χ4n) is 2.15. The van der Waals surface area contributed by atoms with E-state index in [0.717, 1.165) is 11.3 Å². The molecular formula is C19H23IN4O2. The second kappa shape index (κ2) is 12.0. The van der Waals surface area contributed by atoms with Crippen molar-refractivity contribution in [2.24, 2.45) is 4.99 Å². The third-order valence-electron chi connectivity index (χ3n) is 3.39. The van der Waals surface area contributed by atoms with Crippen LogP contribution < -0.4 is 20.1 Å². The quantitative estimate of drug-likeness (QED) is 0.284. The van der Waals surface area contributed by atoms with Crippen LogP contribution in [0.5, 0.6) is 11.5 Å².